The van der Waals surface area contributed by atoms with E-state index in [1.54, 1.807) is 57.2 Å². The number of anilines is 4. The molecule has 2 heterocycles. The smallest absolute Gasteiger partial charge is 0.426 e. The Kier molecular flexibility index (Phi) is 7.71. The highest BCUT2D eigenvalue weighted by Gasteiger charge is 2.19. The van der Waals surface area contributed by atoms with Gasteiger partial charge in [-0.25, -0.2) is 20.2 Å². The Hall–Kier alpha value is -4.39. The molecule has 0 aliphatic heterocycles. The molecule has 0 aliphatic carbocycles. The maximum absolute atomic E-state index is 12.6. The minimum absolute atomic E-state index is 0.0767. The number of hydrogen-bond acceptors (Lipinski definition) is 10. The number of aromatic nitrogens is 2. The fourth-order valence-electron chi connectivity index (χ4n) is 2.63. The predicted molar refractivity (Wildman–Crippen MR) is 132 cm³/mol. The van der Waals surface area contributed by atoms with E-state index in [0.717, 1.165) is 11.3 Å². The highest BCUT2D eigenvalue weighted by molar-refractivity contribution is 7.20. The molecule has 0 spiro atoms. The summed E-state index contributed by atoms with van der Waals surface area (Å²) in [5, 5.41) is 6.18. The molecule has 0 saturated heterocycles. The van der Waals surface area contributed by atoms with Gasteiger partial charge in [0.15, 0.2) is 10.8 Å². The number of thiazole rings is 1. The number of carbonyl (C=O) groups excluding carboxylic acids is 3. The van der Waals surface area contributed by atoms with Gasteiger partial charge in [0.1, 0.15) is 22.2 Å². The summed E-state index contributed by atoms with van der Waals surface area (Å²) in [5.74, 6) is -0.241. The summed E-state index contributed by atoms with van der Waals surface area (Å²) in [5.41, 5.74) is 10.7. The lowest BCUT2D eigenvalue weighted by atomic mass is 10.2. The van der Waals surface area contributed by atoms with E-state index in [9.17, 15) is 14.4 Å². The first-order valence-electron chi connectivity index (χ1n) is 10.3. The Bertz CT molecular complexity index is 1200. The van der Waals surface area contributed by atoms with Crippen molar-refractivity contribution in [3.8, 4) is 5.75 Å². The number of carbonyl (C=O) groups is 3. The van der Waals surface area contributed by atoms with Gasteiger partial charge in [-0.3, -0.25) is 15.0 Å². The predicted octanol–water partition coefficient (Wildman–Crippen LogP) is 3.49. The Labute approximate surface area is 205 Å². The van der Waals surface area contributed by atoms with Crippen molar-refractivity contribution in [1.29, 1.82) is 0 Å². The Morgan fingerprint density at radius 1 is 1.06 bits per heavy atom. The Morgan fingerprint density at radius 2 is 1.77 bits per heavy atom. The molecule has 3 amide bonds. The summed E-state index contributed by atoms with van der Waals surface area (Å²) in [6, 6.07) is 9.77. The third-order valence-corrected chi connectivity index (χ3v) is 5.03. The minimum Gasteiger partial charge on any atom is -0.497 e. The quantitative estimate of drug-likeness (QED) is 0.291. The number of pyridine rings is 1. The summed E-state index contributed by atoms with van der Waals surface area (Å²) in [7, 11) is 1.53. The van der Waals surface area contributed by atoms with Crippen LogP contribution >= 0.6 is 11.3 Å². The van der Waals surface area contributed by atoms with Crippen LogP contribution in [-0.2, 0) is 4.74 Å². The molecule has 13 heteroatoms. The maximum atomic E-state index is 12.6. The van der Waals surface area contributed by atoms with Crippen molar-refractivity contribution in [3.05, 3.63) is 53.9 Å². The lowest BCUT2D eigenvalue weighted by Gasteiger charge is -2.19. The number of benzene rings is 1. The summed E-state index contributed by atoms with van der Waals surface area (Å²) in [6.07, 6.45) is 0.840. The molecule has 0 bridgehead atoms. The zero-order valence-electron chi connectivity index (χ0n) is 19.5. The molecular formula is C22H25N7O5S. The third-order valence-electron chi connectivity index (χ3n) is 4.15. The average molecular weight is 500 g/mol. The second kappa shape index (κ2) is 10.7. The largest absolute Gasteiger partial charge is 0.497 e. The van der Waals surface area contributed by atoms with Crippen LogP contribution in [0.4, 0.5) is 26.4 Å². The minimum atomic E-state index is -0.787. The summed E-state index contributed by atoms with van der Waals surface area (Å²) < 4.78 is 10.2. The molecule has 1 aromatic carbocycles. The zero-order chi connectivity index (χ0) is 25.6. The number of primary amides is 1. The molecule has 184 valence electrons. The third kappa shape index (κ3) is 7.30. The van der Waals surface area contributed by atoms with Gasteiger partial charge in [0, 0.05) is 5.56 Å². The fourth-order valence-corrected chi connectivity index (χ4v) is 3.51. The van der Waals surface area contributed by atoms with Crippen LogP contribution in [0, 0.1) is 0 Å². The molecule has 0 atom stereocenters. The van der Waals surface area contributed by atoms with Crippen LogP contribution in [0.3, 0.4) is 0 Å². The fraction of sp³-hybridized carbons (Fsp3) is 0.227. The van der Waals surface area contributed by atoms with Gasteiger partial charge >= 0.3 is 6.09 Å². The lowest BCUT2D eigenvalue weighted by molar-refractivity contribution is 0.0540. The normalized spacial score (nSPS) is 10.7. The summed E-state index contributed by atoms with van der Waals surface area (Å²) in [4.78, 5) is 44.5. The van der Waals surface area contributed by atoms with E-state index in [4.69, 9.17) is 15.2 Å². The average Bonchev–Trinajstić information content (AvgIpc) is 3.20. The maximum Gasteiger partial charge on any atom is 0.426 e. The summed E-state index contributed by atoms with van der Waals surface area (Å²) >= 11 is 1.04. The molecular weight excluding hydrogens is 474 g/mol. The molecule has 3 rings (SSSR count). The second-order valence-corrected chi connectivity index (χ2v) is 9.05. The number of hydrogen-bond donors (Lipinski definition) is 5. The molecule has 0 unspecified atom stereocenters. The molecule has 0 fully saturated rings. The topological polar surface area (TPSA) is 170 Å². The Morgan fingerprint density at radius 3 is 2.34 bits per heavy atom. The van der Waals surface area contributed by atoms with Crippen molar-refractivity contribution >= 4 is 50.9 Å². The lowest BCUT2D eigenvalue weighted by Crippen LogP contribution is -2.36. The van der Waals surface area contributed by atoms with Gasteiger partial charge in [0.25, 0.3) is 11.8 Å². The number of hydrazine groups is 1. The van der Waals surface area contributed by atoms with Crippen LogP contribution in [0.2, 0.25) is 0 Å². The van der Waals surface area contributed by atoms with E-state index >= 15 is 0 Å². The zero-order valence-corrected chi connectivity index (χ0v) is 20.3. The van der Waals surface area contributed by atoms with Crippen LogP contribution in [0.1, 0.15) is 41.6 Å². The van der Waals surface area contributed by atoms with Gasteiger partial charge in [-0.15, -0.1) is 0 Å². The van der Waals surface area contributed by atoms with Gasteiger partial charge in [-0.1, -0.05) is 11.3 Å². The van der Waals surface area contributed by atoms with Crippen LogP contribution in [-0.4, -0.2) is 40.6 Å². The van der Waals surface area contributed by atoms with E-state index in [-0.39, 0.29) is 10.7 Å². The van der Waals surface area contributed by atoms with E-state index in [1.165, 1.54) is 13.3 Å². The second-order valence-electron chi connectivity index (χ2n) is 8.05. The molecule has 0 radical (unpaired) electrons. The van der Waals surface area contributed by atoms with Crippen LogP contribution in [0.25, 0.3) is 0 Å². The number of amides is 3. The molecule has 3 aromatic rings. The highest BCUT2D eigenvalue weighted by atomic mass is 32.1. The highest BCUT2D eigenvalue weighted by Crippen LogP contribution is 2.31. The van der Waals surface area contributed by atoms with Gasteiger partial charge in [0.05, 0.1) is 19.0 Å². The van der Waals surface area contributed by atoms with Gasteiger partial charge in [-0.05, 0) is 57.2 Å². The number of ether oxygens (including phenoxy) is 2. The monoisotopic (exact) mass is 499 g/mol. The van der Waals surface area contributed by atoms with Crippen molar-refractivity contribution in [2.45, 2.75) is 26.4 Å². The first-order valence-corrected chi connectivity index (χ1v) is 11.1. The molecule has 12 nitrogen and oxygen atoms in total. The summed E-state index contributed by atoms with van der Waals surface area (Å²) in [6.45, 7) is 5.26. The van der Waals surface area contributed by atoms with Crippen molar-refractivity contribution in [2.24, 2.45) is 5.73 Å². The van der Waals surface area contributed by atoms with Crippen molar-refractivity contribution in [2.75, 3.05) is 23.2 Å². The van der Waals surface area contributed by atoms with Crippen molar-refractivity contribution < 1.29 is 23.9 Å². The van der Waals surface area contributed by atoms with E-state index in [1.807, 2.05) is 0 Å². The molecule has 0 saturated carbocycles. The molecule has 0 aliphatic rings. The number of nitrogens with two attached hydrogens (primary N) is 1. The van der Waals surface area contributed by atoms with Gasteiger partial charge in [0.2, 0.25) is 0 Å². The van der Waals surface area contributed by atoms with E-state index < -0.39 is 23.5 Å². The van der Waals surface area contributed by atoms with E-state index in [2.05, 4.69) is 31.5 Å². The van der Waals surface area contributed by atoms with Crippen LogP contribution < -0.4 is 32.0 Å². The first kappa shape index (κ1) is 25.2. The van der Waals surface area contributed by atoms with Gasteiger partial charge in [-0.2, -0.15) is 0 Å². The number of nitrogens with zero attached hydrogens (tertiary/aromatic N) is 2. The molecule has 2 aromatic heterocycles. The van der Waals surface area contributed by atoms with Crippen molar-refractivity contribution in [1.82, 2.24) is 15.4 Å². The Balaban J connectivity index is 1.65. The van der Waals surface area contributed by atoms with E-state index in [0.29, 0.717) is 27.9 Å². The number of rotatable bonds is 8. The van der Waals surface area contributed by atoms with Gasteiger partial charge < -0.3 is 25.8 Å². The molecule has 35 heavy (non-hydrogen) atoms. The van der Waals surface area contributed by atoms with Crippen LogP contribution in [0.15, 0.2) is 42.6 Å². The van der Waals surface area contributed by atoms with Crippen LogP contribution in [0.5, 0.6) is 5.75 Å². The standard InChI is InChI=1S/C22H25N7O5S/c1-22(2,3)34-21(32)29-28-15-10-7-13(11-24-15)25-20-26-16(17(23)30)19(35-20)27-18(31)12-5-8-14(33-4)9-6-12/h5-11H,1-4H3,(H2,23,30)(H,24,28)(H,25,26)(H,27,31)(H,29,32). The number of nitrogens with one attached hydrogen (secondary N) is 4. The van der Waals surface area contributed by atoms with Crippen molar-refractivity contribution in [3.63, 3.8) is 0 Å². The number of methoxy groups -OCH3 is 1. The molecule has 6 N–H and O–H groups in total. The first-order chi connectivity index (χ1) is 16.5. The SMILES string of the molecule is COc1ccc(C(=O)Nc2sc(Nc3ccc(NNC(=O)OC(C)(C)C)nc3)nc2C(N)=O)cc1.